The van der Waals surface area contributed by atoms with Gasteiger partial charge >= 0.3 is 5.97 Å². The highest BCUT2D eigenvalue weighted by atomic mass is 16.5. The number of carbonyl (C=O) groups is 5. The molecule has 1 heterocycles. The summed E-state index contributed by atoms with van der Waals surface area (Å²) in [5, 5.41) is 29.2. The Balaban J connectivity index is 1.31. The number of ketones is 2. The van der Waals surface area contributed by atoms with E-state index in [0.717, 1.165) is 28.2 Å². The van der Waals surface area contributed by atoms with Gasteiger partial charge in [0.25, 0.3) is 0 Å². The number of anilines is 1. The maximum absolute atomic E-state index is 15.1. The topological polar surface area (TPSA) is 159 Å². The third-order valence-corrected chi connectivity index (χ3v) is 11.4. The largest absolute Gasteiger partial charge is 0.507 e. The highest BCUT2D eigenvalue weighted by molar-refractivity contribution is 6.32. The lowest BCUT2D eigenvalue weighted by atomic mass is 9.44. The lowest BCUT2D eigenvalue weighted by Crippen LogP contribution is -2.58. The highest BCUT2D eigenvalue weighted by Gasteiger charge is 2.66. The molecular formula is C43H35NO9. The number of Topliss-reactive ketones (excluding diaryl/α,β-unsaturated/α-hetero) is 1. The van der Waals surface area contributed by atoms with Crippen LogP contribution in [0.4, 0.5) is 5.69 Å². The lowest BCUT2D eigenvalue weighted by molar-refractivity contribution is -0.135. The summed E-state index contributed by atoms with van der Waals surface area (Å²) in [6.07, 6.45) is 3.76. The Morgan fingerprint density at radius 2 is 1.55 bits per heavy atom. The average Bonchev–Trinajstić information content (AvgIpc) is 3.44. The summed E-state index contributed by atoms with van der Waals surface area (Å²) in [4.78, 5) is 71.4. The fourth-order valence-electron chi connectivity index (χ4n) is 9.26. The number of carboxylic acid groups (broad SMARTS) is 1. The summed E-state index contributed by atoms with van der Waals surface area (Å²) < 4.78 is 5.65. The molecule has 6 unspecified atom stereocenters. The predicted molar refractivity (Wildman–Crippen MR) is 193 cm³/mol. The molecule has 0 radical (unpaired) electrons. The minimum atomic E-state index is -1.39. The van der Waals surface area contributed by atoms with Crippen LogP contribution < -0.4 is 9.64 Å². The predicted octanol–water partition coefficient (Wildman–Crippen LogP) is 5.49. The fraction of sp³-hybridized carbons (Fsp3) is 0.233. The molecule has 4 aliphatic rings. The number of nitrogens with zero attached hydrogens (tertiary/aromatic N) is 1. The number of hydrogen-bond acceptors (Lipinski definition) is 8. The van der Waals surface area contributed by atoms with Gasteiger partial charge in [0.2, 0.25) is 11.8 Å². The van der Waals surface area contributed by atoms with Crippen LogP contribution >= 0.6 is 0 Å². The van der Waals surface area contributed by atoms with Gasteiger partial charge in [-0.25, -0.2) is 9.69 Å². The van der Waals surface area contributed by atoms with Crippen molar-refractivity contribution in [1.29, 1.82) is 0 Å². The molecule has 0 spiro atoms. The summed E-state index contributed by atoms with van der Waals surface area (Å²) in [5.74, 6) is -6.72. The molecular weight excluding hydrogens is 674 g/mol. The number of fused-ring (bicyclic) bond motifs is 4. The van der Waals surface area contributed by atoms with Crippen LogP contribution in [0.25, 0.3) is 5.57 Å². The molecule has 0 aromatic heterocycles. The molecule has 0 bridgehead atoms. The number of allylic oxidation sites excluding steroid dienone is 4. The molecule has 4 aromatic rings. The smallest absolute Gasteiger partial charge is 0.339 e. The van der Waals surface area contributed by atoms with E-state index in [1.54, 1.807) is 24.3 Å². The molecule has 2 amide bonds. The zero-order chi connectivity index (χ0) is 37.0. The Morgan fingerprint density at radius 3 is 2.21 bits per heavy atom. The van der Waals surface area contributed by atoms with Crippen LogP contribution in [0.1, 0.15) is 45.8 Å². The zero-order valence-electron chi connectivity index (χ0n) is 28.4. The number of hydrogen-bond donors (Lipinski definition) is 3. The number of amides is 2. The summed E-state index contributed by atoms with van der Waals surface area (Å²) in [5.41, 5.74) is 1.40. The molecule has 6 atom stereocenters. The van der Waals surface area contributed by atoms with E-state index in [1.165, 1.54) is 12.1 Å². The number of ether oxygens (including phenoxy) is 1. The first-order chi connectivity index (χ1) is 25.7. The molecule has 10 heteroatoms. The van der Waals surface area contributed by atoms with E-state index in [2.05, 4.69) is 0 Å². The fourth-order valence-corrected chi connectivity index (χ4v) is 9.26. The van der Waals surface area contributed by atoms with Crippen molar-refractivity contribution in [3.63, 3.8) is 0 Å². The highest BCUT2D eigenvalue weighted by Crippen LogP contribution is 2.63. The van der Waals surface area contributed by atoms with E-state index >= 15 is 9.59 Å². The standard InChI is InChI=1S/C43H35NO9/c45-19-20-53-28-14-11-25(12-15-28)38-29-17-18-31-37(41(50)44(40(31)49)27-13-16-30(42(51)52)35(46)21-27)33(29)22-34-39(48)32(24-7-3-1-4-8-24)23-36(47)43(34,38)26-9-5-2-6-10-26/h1-17,21,23,31,33-34,37-38,45-46H,18-20,22H2,(H,51,52). The molecule has 2 fully saturated rings. The Morgan fingerprint density at radius 1 is 0.849 bits per heavy atom. The number of aliphatic hydroxyl groups is 1. The summed E-state index contributed by atoms with van der Waals surface area (Å²) in [7, 11) is 0. The van der Waals surface area contributed by atoms with Gasteiger partial charge in [0.05, 0.1) is 29.5 Å². The van der Waals surface area contributed by atoms with Gasteiger partial charge in [0.15, 0.2) is 11.6 Å². The third-order valence-electron chi connectivity index (χ3n) is 11.4. The van der Waals surface area contributed by atoms with Crippen LogP contribution in [-0.2, 0) is 24.6 Å². The first-order valence-corrected chi connectivity index (χ1v) is 17.6. The van der Waals surface area contributed by atoms with Crippen LogP contribution in [0.2, 0.25) is 0 Å². The van der Waals surface area contributed by atoms with Gasteiger partial charge in [-0.15, -0.1) is 0 Å². The lowest BCUT2D eigenvalue weighted by Gasteiger charge is -2.55. The first kappa shape index (κ1) is 34.0. The maximum Gasteiger partial charge on any atom is 0.339 e. The molecule has 1 saturated carbocycles. The second-order valence-electron chi connectivity index (χ2n) is 13.9. The van der Waals surface area contributed by atoms with Gasteiger partial charge < -0.3 is 20.1 Å². The SMILES string of the molecule is O=C(O)c1ccc(N2C(=O)C3CC=C4C(CC5C(=O)C(c6ccccc6)=CC(=O)C5(c5ccccc5)C4c4ccc(OCCO)cc4)C3C2=O)cc1O. The quantitative estimate of drug-likeness (QED) is 0.159. The van der Waals surface area contributed by atoms with E-state index in [9.17, 15) is 29.7 Å². The van der Waals surface area contributed by atoms with Crippen LogP contribution in [-0.4, -0.2) is 57.9 Å². The molecule has 266 valence electrons. The molecule has 3 N–H and O–H groups in total. The van der Waals surface area contributed by atoms with Crippen molar-refractivity contribution in [1.82, 2.24) is 0 Å². The molecule has 4 aromatic carbocycles. The molecule has 3 aliphatic carbocycles. The molecule has 53 heavy (non-hydrogen) atoms. The van der Waals surface area contributed by atoms with Gasteiger partial charge in [0.1, 0.15) is 23.7 Å². The summed E-state index contributed by atoms with van der Waals surface area (Å²) in [6, 6.07) is 29.1. The van der Waals surface area contributed by atoms with E-state index < -0.39 is 58.5 Å². The number of imide groups is 1. The van der Waals surface area contributed by atoms with Crippen molar-refractivity contribution in [3.8, 4) is 11.5 Å². The van der Waals surface area contributed by atoms with Gasteiger partial charge in [-0.05, 0) is 65.8 Å². The van der Waals surface area contributed by atoms with E-state index in [0.29, 0.717) is 22.4 Å². The number of benzene rings is 4. The first-order valence-electron chi connectivity index (χ1n) is 17.6. The number of aliphatic hydroxyl groups excluding tert-OH is 1. The van der Waals surface area contributed by atoms with Crippen LogP contribution in [0.3, 0.4) is 0 Å². The molecule has 1 saturated heterocycles. The van der Waals surface area contributed by atoms with Crippen molar-refractivity contribution < 1.29 is 44.0 Å². The van der Waals surface area contributed by atoms with Crippen molar-refractivity contribution >= 4 is 40.6 Å². The van der Waals surface area contributed by atoms with Gasteiger partial charge in [-0.1, -0.05) is 84.4 Å². The number of rotatable bonds is 8. The number of carbonyl (C=O) groups excluding carboxylic acids is 4. The Kier molecular flexibility index (Phi) is 8.42. The second kappa shape index (κ2) is 13.1. The van der Waals surface area contributed by atoms with Crippen molar-refractivity contribution in [2.75, 3.05) is 18.1 Å². The normalized spacial score (nSPS) is 26.3. The zero-order valence-corrected chi connectivity index (χ0v) is 28.4. The van der Waals surface area contributed by atoms with Gasteiger partial charge in [-0.3, -0.25) is 19.2 Å². The molecule has 10 nitrogen and oxygen atoms in total. The van der Waals surface area contributed by atoms with Gasteiger partial charge in [0, 0.05) is 23.5 Å². The summed E-state index contributed by atoms with van der Waals surface area (Å²) >= 11 is 0. The third kappa shape index (κ3) is 5.23. The Labute approximate surface area is 304 Å². The van der Waals surface area contributed by atoms with Crippen molar-refractivity contribution in [2.45, 2.75) is 24.2 Å². The van der Waals surface area contributed by atoms with Crippen molar-refractivity contribution in [2.24, 2.45) is 23.7 Å². The average molecular weight is 710 g/mol. The number of aromatic carboxylic acids is 1. The second-order valence-corrected chi connectivity index (χ2v) is 13.9. The molecule has 1 aliphatic heterocycles. The van der Waals surface area contributed by atoms with Gasteiger partial charge in [-0.2, -0.15) is 0 Å². The molecule has 8 rings (SSSR count). The monoisotopic (exact) mass is 709 g/mol. The Bertz CT molecular complexity index is 2230. The minimum Gasteiger partial charge on any atom is -0.507 e. The maximum atomic E-state index is 15.1. The number of phenols is 1. The van der Waals surface area contributed by atoms with E-state index in [1.807, 2.05) is 66.7 Å². The van der Waals surface area contributed by atoms with Crippen LogP contribution in [0, 0.1) is 23.7 Å². The van der Waals surface area contributed by atoms with Crippen LogP contribution in [0.15, 0.2) is 121 Å². The van der Waals surface area contributed by atoms with E-state index in [-0.39, 0.29) is 48.9 Å². The van der Waals surface area contributed by atoms with E-state index in [4.69, 9.17) is 4.74 Å². The summed E-state index contributed by atoms with van der Waals surface area (Å²) in [6.45, 7) is -0.0708. The number of aromatic hydroxyl groups is 1. The van der Waals surface area contributed by atoms with Crippen LogP contribution in [0.5, 0.6) is 11.5 Å². The van der Waals surface area contributed by atoms with Crippen molar-refractivity contribution in [3.05, 3.63) is 143 Å². The minimum absolute atomic E-state index is 0.0566. The Hall–Kier alpha value is -6.13. The number of carboxylic acids is 1.